The van der Waals surface area contributed by atoms with Crippen molar-refractivity contribution in [1.82, 2.24) is 10.2 Å². The molecular weight excluding hydrogens is 250 g/mol. The van der Waals surface area contributed by atoms with Crippen molar-refractivity contribution < 1.29 is 4.79 Å². The molecular formula is C16H27N3O. The summed E-state index contributed by atoms with van der Waals surface area (Å²) in [7, 11) is 3.76. The van der Waals surface area contributed by atoms with Crippen molar-refractivity contribution >= 4 is 11.7 Å². The number of carbonyl (C=O) groups is 1. The summed E-state index contributed by atoms with van der Waals surface area (Å²) in [5, 5.41) is 6.11. The van der Waals surface area contributed by atoms with E-state index in [9.17, 15) is 4.79 Å². The SMILES string of the molecule is CNC(C)c1ccc(NC(=O)N(C)CCC(C)C)cc1. The summed E-state index contributed by atoms with van der Waals surface area (Å²) in [6.07, 6.45) is 1.02. The fourth-order valence-electron chi connectivity index (χ4n) is 1.79. The monoisotopic (exact) mass is 277 g/mol. The van der Waals surface area contributed by atoms with Crippen LogP contribution in [0.25, 0.3) is 0 Å². The van der Waals surface area contributed by atoms with Gasteiger partial charge in [0.15, 0.2) is 0 Å². The Morgan fingerprint density at radius 1 is 1.20 bits per heavy atom. The molecule has 1 unspecified atom stereocenters. The van der Waals surface area contributed by atoms with E-state index in [4.69, 9.17) is 0 Å². The van der Waals surface area contributed by atoms with Crippen molar-refractivity contribution in [3.8, 4) is 0 Å². The van der Waals surface area contributed by atoms with Gasteiger partial charge in [-0.3, -0.25) is 0 Å². The van der Waals surface area contributed by atoms with E-state index in [1.807, 2.05) is 38.4 Å². The van der Waals surface area contributed by atoms with Crippen molar-refractivity contribution in [2.75, 3.05) is 26.0 Å². The number of hydrogen-bond donors (Lipinski definition) is 2. The van der Waals surface area contributed by atoms with Gasteiger partial charge in [-0.15, -0.1) is 0 Å². The third kappa shape index (κ3) is 5.21. The quantitative estimate of drug-likeness (QED) is 0.836. The van der Waals surface area contributed by atoms with E-state index in [2.05, 4.69) is 31.4 Å². The second-order valence-corrected chi connectivity index (χ2v) is 5.67. The summed E-state index contributed by atoms with van der Waals surface area (Å²) in [5.74, 6) is 0.604. The fraction of sp³-hybridized carbons (Fsp3) is 0.562. The number of nitrogens with zero attached hydrogens (tertiary/aromatic N) is 1. The molecule has 4 heteroatoms. The van der Waals surface area contributed by atoms with E-state index in [1.54, 1.807) is 4.90 Å². The second kappa shape index (κ2) is 7.90. The van der Waals surface area contributed by atoms with Gasteiger partial charge >= 0.3 is 6.03 Å². The third-order valence-electron chi connectivity index (χ3n) is 3.48. The number of hydrogen-bond acceptors (Lipinski definition) is 2. The molecule has 1 rings (SSSR count). The van der Waals surface area contributed by atoms with E-state index in [0.29, 0.717) is 12.0 Å². The molecule has 0 saturated heterocycles. The Morgan fingerprint density at radius 2 is 1.80 bits per heavy atom. The van der Waals surface area contributed by atoms with Gasteiger partial charge in [0.25, 0.3) is 0 Å². The molecule has 1 atom stereocenters. The van der Waals surface area contributed by atoms with Crippen molar-refractivity contribution in [3.05, 3.63) is 29.8 Å². The first-order valence-corrected chi connectivity index (χ1v) is 7.23. The molecule has 0 aliphatic rings. The lowest BCUT2D eigenvalue weighted by Crippen LogP contribution is -2.32. The molecule has 2 amide bonds. The lowest BCUT2D eigenvalue weighted by atomic mass is 10.1. The van der Waals surface area contributed by atoms with E-state index in [-0.39, 0.29) is 6.03 Å². The van der Waals surface area contributed by atoms with Gasteiger partial charge in [0.05, 0.1) is 0 Å². The van der Waals surface area contributed by atoms with Crippen molar-refractivity contribution in [1.29, 1.82) is 0 Å². The van der Waals surface area contributed by atoms with Crippen LogP contribution in [0.5, 0.6) is 0 Å². The minimum atomic E-state index is -0.0555. The van der Waals surface area contributed by atoms with Gasteiger partial charge in [0, 0.05) is 25.3 Å². The van der Waals surface area contributed by atoms with Gasteiger partial charge in [-0.05, 0) is 44.0 Å². The summed E-state index contributed by atoms with van der Waals surface area (Å²) < 4.78 is 0. The Bertz CT molecular complexity index is 414. The van der Waals surface area contributed by atoms with Crippen LogP contribution in [0.4, 0.5) is 10.5 Å². The summed E-state index contributed by atoms with van der Waals surface area (Å²) >= 11 is 0. The molecule has 0 radical (unpaired) electrons. The number of urea groups is 1. The smallest absolute Gasteiger partial charge is 0.321 e. The molecule has 1 aromatic carbocycles. The normalized spacial score (nSPS) is 12.3. The zero-order valence-corrected chi connectivity index (χ0v) is 13.2. The molecule has 0 aromatic heterocycles. The molecule has 0 heterocycles. The largest absolute Gasteiger partial charge is 0.328 e. The fourth-order valence-corrected chi connectivity index (χ4v) is 1.79. The number of amides is 2. The first-order valence-electron chi connectivity index (χ1n) is 7.23. The number of carbonyl (C=O) groups excluding carboxylic acids is 1. The molecule has 0 aliphatic carbocycles. The molecule has 0 saturated carbocycles. The maximum absolute atomic E-state index is 12.0. The van der Waals surface area contributed by atoms with Crippen molar-refractivity contribution in [3.63, 3.8) is 0 Å². The molecule has 0 bridgehead atoms. The number of nitrogens with one attached hydrogen (secondary N) is 2. The molecule has 0 fully saturated rings. The maximum atomic E-state index is 12.0. The Morgan fingerprint density at radius 3 is 2.30 bits per heavy atom. The van der Waals surface area contributed by atoms with E-state index in [0.717, 1.165) is 18.7 Å². The first kappa shape index (κ1) is 16.5. The minimum absolute atomic E-state index is 0.0555. The predicted octanol–water partition coefficient (Wildman–Crippen LogP) is 3.48. The average Bonchev–Trinajstić information content (AvgIpc) is 2.44. The molecule has 2 N–H and O–H groups in total. The highest BCUT2D eigenvalue weighted by Gasteiger charge is 2.09. The highest BCUT2D eigenvalue weighted by molar-refractivity contribution is 5.89. The molecule has 1 aromatic rings. The third-order valence-corrected chi connectivity index (χ3v) is 3.48. The Balaban J connectivity index is 2.53. The van der Waals surface area contributed by atoms with Crippen LogP contribution in [0.2, 0.25) is 0 Å². The average molecular weight is 277 g/mol. The van der Waals surface area contributed by atoms with Crippen LogP contribution < -0.4 is 10.6 Å². The van der Waals surface area contributed by atoms with Crippen LogP contribution in [-0.4, -0.2) is 31.6 Å². The lowest BCUT2D eigenvalue weighted by molar-refractivity contribution is 0.220. The van der Waals surface area contributed by atoms with Gasteiger partial charge in [0.1, 0.15) is 0 Å². The molecule has 0 aliphatic heterocycles. The first-order chi connectivity index (χ1) is 9.43. The summed E-state index contributed by atoms with van der Waals surface area (Å²) in [4.78, 5) is 13.7. The lowest BCUT2D eigenvalue weighted by Gasteiger charge is -2.19. The van der Waals surface area contributed by atoms with Gasteiger partial charge < -0.3 is 15.5 Å². The summed E-state index contributed by atoms with van der Waals surface area (Å²) in [5.41, 5.74) is 2.04. The number of anilines is 1. The Hall–Kier alpha value is -1.55. The molecule has 112 valence electrons. The second-order valence-electron chi connectivity index (χ2n) is 5.67. The van der Waals surface area contributed by atoms with Crippen LogP contribution >= 0.6 is 0 Å². The molecule has 4 nitrogen and oxygen atoms in total. The van der Waals surface area contributed by atoms with Crippen molar-refractivity contribution in [2.45, 2.75) is 33.2 Å². The van der Waals surface area contributed by atoms with Crippen LogP contribution in [0.1, 0.15) is 38.8 Å². The summed E-state index contributed by atoms with van der Waals surface area (Å²) in [6.45, 7) is 7.20. The van der Waals surface area contributed by atoms with Crippen LogP contribution in [0.15, 0.2) is 24.3 Å². The van der Waals surface area contributed by atoms with Crippen LogP contribution in [0, 0.1) is 5.92 Å². The Kier molecular flexibility index (Phi) is 6.52. The van der Waals surface area contributed by atoms with Gasteiger partial charge in [-0.25, -0.2) is 4.79 Å². The highest BCUT2D eigenvalue weighted by atomic mass is 16.2. The standard InChI is InChI=1S/C16H27N3O/c1-12(2)10-11-19(5)16(20)18-15-8-6-14(7-9-15)13(3)17-4/h6-9,12-13,17H,10-11H2,1-5H3,(H,18,20). The van der Waals surface area contributed by atoms with Gasteiger partial charge in [-0.2, -0.15) is 0 Å². The zero-order chi connectivity index (χ0) is 15.1. The van der Waals surface area contributed by atoms with E-state index in [1.165, 1.54) is 5.56 Å². The van der Waals surface area contributed by atoms with Crippen molar-refractivity contribution in [2.24, 2.45) is 5.92 Å². The Labute approximate surface area is 122 Å². The molecule has 0 spiro atoms. The highest BCUT2D eigenvalue weighted by Crippen LogP contribution is 2.16. The minimum Gasteiger partial charge on any atom is -0.328 e. The van der Waals surface area contributed by atoms with Crippen LogP contribution in [-0.2, 0) is 0 Å². The van der Waals surface area contributed by atoms with E-state index < -0.39 is 0 Å². The maximum Gasteiger partial charge on any atom is 0.321 e. The molecule has 20 heavy (non-hydrogen) atoms. The summed E-state index contributed by atoms with van der Waals surface area (Å²) in [6, 6.07) is 8.21. The number of benzene rings is 1. The van der Waals surface area contributed by atoms with E-state index >= 15 is 0 Å². The topological polar surface area (TPSA) is 44.4 Å². The van der Waals surface area contributed by atoms with Gasteiger partial charge in [0.2, 0.25) is 0 Å². The predicted molar refractivity (Wildman–Crippen MR) is 85.0 cm³/mol. The van der Waals surface area contributed by atoms with Crippen LogP contribution in [0.3, 0.4) is 0 Å². The van der Waals surface area contributed by atoms with Gasteiger partial charge in [-0.1, -0.05) is 26.0 Å². The number of rotatable bonds is 6. The zero-order valence-electron chi connectivity index (χ0n) is 13.2.